The van der Waals surface area contributed by atoms with Gasteiger partial charge < -0.3 is 15.5 Å². The quantitative estimate of drug-likeness (QED) is 0.569. The standard InChI is InChI=1S/C11H19NO4/c1-11(2)7(8(11)10(15)16)9(14)12-5-3-4-6-13/h7-8,13H,3-6H2,1-2H3,(H,12,14)(H,15,16)/t7-,8+/m1/s1. The molecule has 5 heteroatoms. The van der Waals surface area contributed by atoms with E-state index in [1.807, 2.05) is 0 Å². The summed E-state index contributed by atoms with van der Waals surface area (Å²) in [7, 11) is 0. The monoisotopic (exact) mass is 229 g/mol. The number of aliphatic hydroxyl groups is 1. The molecule has 1 rings (SSSR count). The number of hydrogen-bond acceptors (Lipinski definition) is 3. The maximum Gasteiger partial charge on any atom is 0.307 e. The normalized spacial score (nSPS) is 26.2. The molecular weight excluding hydrogens is 210 g/mol. The second kappa shape index (κ2) is 4.82. The maximum atomic E-state index is 11.7. The van der Waals surface area contributed by atoms with Crippen molar-refractivity contribution in [1.82, 2.24) is 5.32 Å². The predicted octanol–water partition coefficient (Wildman–Crippen LogP) is 0.232. The highest BCUT2D eigenvalue weighted by atomic mass is 16.4. The van der Waals surface area contributed by atoms with Gasteiger partial charge in [0.1, 0.15) is 0 Å². The zero-order valence-corrected chi connectivity index (χ0v) is 9.69. The first-order valence-corrected chi connectivity index (χ1v) is 5.54. The van der Waals surface area contributed by atoms with E-state index in [1.165, 1.54) is 0 Å². The van der Waals surface area contributed by atoms with Crippen molar-refractivity contribution in [3.63, 3.8) is 0 Å². The summed E-state index contributed by atoms with van der Waals surface area (Å²) in [5.41, 5.74) is -0.438. The van der Waals surface area contributed by atoms with Crippen LogP contribution in [-0.4, -0.2) is 35.2 Å². The Morgan fingerprint density at radius 2 is 1.88 bits per heavy atom. The Balaban J connectivity index is 2.36. The van der Waals surface area contributed by atoms with Gasteiger partial charge in [-0.1, -0.05) is 13.8 Å². The molecule has 5 nitrogen and oxygen atoms in total. The van der Waals surface area contributed by atoms with Gasteiger partial charge in [-0.15, -0.1) is 0 Å². The summed E-state index contributed by atoms with van der Waals surface area (Å²) < 4.78 is 0. The number of nitrogens with one attached hydrogen (secondary N) is 1. The molecule has 0 aromatic heterocycles. The molecule has 0 aliphatic heterocycles. The number of aliphatic carboxylic acids is 1. The first-order valence-electron chi connectivity index (χ1n) is 5.54. The van der Waals surface area contributed by atoms with Crippen molar-refractivity contribution in [2.75, 3.05) is 13.2 Å². The maximum absolute atomic E-state index is 11.7. The summed E-state index contributed by atoms with van der Waals surface area (Å²) in [6, 6.07) is 0. The molecule has 16 heavy (non-hydrogen) atoms. The van der Waals surface area contributed by atoms with Gasteiger partial charge in [0, 0.05) is 13.2 Å². The molecule has 0 unspecified atom stereocenters. The Morgan fingerprint density at radius 1 is 1.25 bits per heavy atom. The van der Waals surface area contributed by atoms with Crippen LogP contribution in [0.3, 0.4) is 0 Å². The summed E-state index contributed by atoms with van der Waals surface area (Å²) in [4.78, 5) is 22.5. The van der Waals surface area contributed by atoms with Gasteiger partial charge in [-0.2, -0.15) is 0 Å². The van der Waals surface area contributed by atoms with E-state index in [0.717, 1.165) is 0 Å². The van der Waals surface area contributed by atoms with E-state index in [0.29, 0.717) is 19.4 Å². The first-order chi connectivity index (χ1) is 7.42. The minimum Gasteiger partial charge on any atom is -0.481 e. The number of hydrogen-bond donors (Lipinski definition) is 3. The Hall–Kier alpha value is -1.10. The highest BCUT2D eigenvalue weighted by Crippen LogP contribution is 2.58. The van der Waals surface area contributed by atoms with E-state index < -0.39 is 23.2 Å². The fourth-order valence-electron chi connectivity index (χ4n) is 2.15. The van der Waals surface area contributed by atoms with Crippen molar-refractivity contribution in [2.45, 2.75) is 26.7 Å². The van der Waals surface area contributed by atoms with Crippen molar-refractivity contribution in [3.8, 4) is 0 Å². The SMILES string of the molecule is CC1(C)[C@H](C(=O)O)[C@@H]1C(=O)NCCCCO. The molecule has 92 valence electrons. The van der Waals surface area contributed by atoms with Crippen LogP contribution in [0, 0.1) is 17.3 Å². The topological polar surface area (TPSA) is 86.6 Å². The molecule has 3 N–H and O–H groups in total. The second-order valence-corrected chi connectivity index (χ2v) is 4.84. The van der Waals surface area contributed by atoms with Crippen molar-refractivity contribution in [3.05, 3.63) is 0 Å². The molecular formula is C11H19NO4. The molecule has 0 spiro atoms. The summed E-state index contributed by atoms with van der Waals surface area (Å²) in [5, 5.41) is 20.2. The summed E-state index contributed by atoms with van der Waals surface area (Å²) >= 11 is 0. The lowest BCUT2D eigenvalue weighted by Crippen LogP contribution is -2.28. The number of rotatable bonds is 6. The second-order valence-electron chi connectivity index (χ2n) is 4.84. The molecule has 0 saturated heterocycles. The molecule has 1 aliphatic carbocycles. The Labute approximate surface area is 94.8 Å². The number of carbonyl (C=O) groups is 2. The van der Waals surface area contributed by atoms with Gasteiger partial charge in [0.05, 0.1) is 11.8 Å². The number of carboxylic acids is 1. The third-order valence-electron chi connectivity index (χ3n) is 3.26. The van der Waals surface area contributed by atoms with E-state index in [1.54, 1.807) is 13.8 Å². The van der Waals surface area contributed by atoms with Crippen LogP contribution in [0.25, 0.3) is 0 Å². The van der Waals surface area contributed by atoms with E-state index in [4.69, 9.17) is 10.2 Å². The van der Waals surface area contributed by atoms with E-state index >= 15 is 0 Å². The third kappa shape index (κ3) is 2.52. The predicted molar refractivity (Wildman–Crippen MR) is 57.7 cm³/mol. The summed E-state index contributed by atoms with van der Waals surface area (Å²) in [5.74, 6) is -2.07. The van der Waals surface area contributed by atoms with Crippen molar-refractivity contribution >= 4 is 11.9 Å². The van der Waals surface area contributed by atoms with Crippen LogP contribution in [0.2, 0.25) is 0 Å². The molecule has 0 radical (unpaired) electrons. The van der Waals surface area contributed by atoms with Gasteiger partial charge in [-0.25, -0.2) is 0 Å². The highest BCUT2D eigenvalue weighted by Gasteiger charge is 2.65. The number of carboxylic acid groups (broad SMARTS) is 1. The lowest BCUT2D eigenvalue weighted by molar-refractivity contribution is -0.140. The molecule has 1 saturated carbocycles. The minimum absolute atomic E-state index is 0.114. The molecule has 0 heterocycles. The summed E-state index contributed by atoms with van der Waals surface area (Å²) in [6.07, 6.45) is 1.36. The zero-order chi connectivity index (χ0) is 12.3. The third-order valence-corrected chi connectivity index (χ3v) is 3.26. The molecule has 0 bridgehead atoms. The lowest BCUT2D eigenvalue weighted by Gasteiger charge is -2.04. The average molecular weight is 229 g/mol. The van der Waals surface area contributed by atoms with Gasteiger partial charge in [0.25, 0.3) is 0 Å². The molecule has 2 atom stereocenters. The summed E-state index contributed by atoms with van der Waals surface area (Å²) in [6.45, 7) is 4.20. The van der Waals surface area contributed by atoms with Crippen LogP contribution in [-0.2, 0) is 9.59 Å². The highest BCUT2D eigenvalue weighted by molar-refractivity contribution is 5.91. The molecule has 0 aromatic rings. The van der Waals surface area contributed by atoms with Gasteiger partial charge in [0.2, 0.25) is 5.91 Å². The number of unbranched alkanes of at least 4 members (excludes halogenated alkanes) is 1. The van der Waals surface area contributed by atoms with Crippen LogP contribution in [0.5, 0.6) is 0 Å². The fraction of sp³-hybridized carbons (Fsp3) is 0.818. The number of aliphatic hydroxyl groups excluding tert-OH is 1. The molecule has 1 fully saturated rings. The number of amides is 1. The Kier molecular flexibility index (Phi) is 3.91. The van der Waals surface area contributed by atoms with Crippen molar-refractivity contribution in [1.29, 1.82) is 0 Å². The van der Waals surface area contributed by atoms with Gasteiger partial charge in [0.15, 0.2) is 0 Å². The smallest absolute Gasteiger partial charge is 0.307 e. The average Bonchev–Trinajstić information content (AvgIpc) is 2.76. The number of carbonyl (C=O) groups excluding carboxylic acids is 1. The van der Waals surface area contributed by atoms with Gasteiger partial charge in [-0.3, -0.25) is 9.59 Å². The Bertz CT molecular complexity index is 288. The van der Waals surface area contributed by atoms with Gasteiger partial charge >= 0.3 is 5.97 Å². The molecule has 1 amide bonds. The fourth-order valence-corrected chi connectivity index (χ4v) is 2.15. The van der Waals surface area contributed by atoms with Crippen LogP contribution in [0.4, 0.5) is 0 Å². The Morgan fingerprint density at radius 3 is 2.31 bits per heavy atom. The zero-order valence-electron chi connectivity index (χ0n) is 9.69. The molecule has 0 aromatic carbocycles. The largest absolute Gasteiger partial charge is 0.481 e. The van der Waals surface area contributed by atoms with Gasteiger partial charge in [-0.05, 0) is 18.3 Å². The molecule has 1 aliphatic rings. The van der Waals surface area contributed by atoms with E-state index in [2.05, 4.69) is 5.32 Å². The lowest BCUT2D eigenvalue weighted by atomic mass is 10.1. The van der Waals surface area contributed by atoms with Crippen molar-refractivity contribution < 1.29 is 19.8 Å². The van der Waals surface area contributed by atoms with Crippen molar-refractivity contribution in [2.24, 2.45) is 17.3 Å². The minimum atomic E-state index is -0.902. The van der Waals surface area contributed by atoms with E-state index in [-0.39, 0.29) is 12.5 Å². The van der Waals surface area contributed by atoms with Crippen LogP contribution >= 0.6 is 0 Å². The van der Waals surface area contributed by atoms with Crippen LogP contribution < -0.4 is 5.32 Å². The van der Waals surface area contributed by atoms with Crippen LogP contribution in [0.1, 0.15) is 26.7 Å². The first kappa shape index (κ1) is 13.0. The van der Waals surface area contributed by atoms with Crippen LogP contribution in [0.15, 0.2) is 0 Å². The van der Waals surface area contributed by atoms with E-state index in [9.17, 15) is 9.59 Å².